The normalized spacial score (nSPS) is 10.5. The molecule has 0 spiro atoms. The highest BCUT2D eigenvalue weighted by Gasteiger charge is 2.23. The van der Waals surface area contributed by atoms with Gasteiger partial charge in [0.25, 0.3) is 0 Å². The second-order valence-corrected chi connectivity index (χ2v) is 2.57. The molecule has 0 bridgehead atoms. The largest absolute Gasteiger partial charge is 0.303 e. The third-order valence-electron chi connectivity index (χ3n) is 2.11. The van der Waals surface area contributed by atoms with Crippen LogP contribution in [0.2, 0.25) is 0 Å². The molecule has 1 nitrogen and oxygen atoms in total. The highest BCUT2D eigenvalue weighted by Crippen LogP contribution is 2.26. The van der Waals surface area contributed by atoms with Gasteiger partial charge in [-0.1, -0.05) is 13.8 Å². The number of carbonyl (C=O) groups is 1. The maximum Gasteiger partial charge on any atom is 0.127 e. The van der Waals surface area contributed by atoms with Crippen molar-refractivity contribution in [3.63, 3.8) is 0 Å². The predicted octanol–water partition coefficient (Wildman–Crippen LogP) is 2.02. The molecule has 10 heavy (non-hydrogen) atoms. The van der Waals surface area contributed by atoms with Crippen LogP contribution in [0.3, 0.4) is 0 Å². The Labute approximate surface area is 62.8 Å². The Bertz CT molecular complexity index is 137. The lowest BCUT2D eigenvalue weighted by Gasteiger charge is -2.21. The van der Waals surface area contributed by atoms with Crippen LogP contribution < -0.4 is 0 Å². The van der Waals surface area contributed by atoms with Crippen molar-refractivity contribution in [2.24, 2.45) is 5.41 Å². The van der Waals surface area contributed by atoms with Crippen LogP contribution in [0.15, 0.2) is 0 Å². The molecule has 0 atom stereocenters. The molecule has 56 valence electrons. The molecule has 0 saturated carbocycles. The van der Waals surface area contributed by atoms with Crippen molar-refractivity contribution in [3.05, 3.63) is 0 Å². The summed E-state index contributed by atoms with van der Waals surface area (Å²) in [5.74, 6) is 2.53. The van der Waals surface area contributed by atoms with E-state index in [4.69, 9.17) is 6.42 Å². The van der Waals surface area contributed by atoms with E-state index in [1.54, 1.807) is 0 Å². The summed E-state index contributed by atoms with van der Waals surface area (Å²) in [5, 5.41) is 0. The van der Waals surface area contributed by atoms with Crippen molar-refractivity contribution in [3.8, 4) is 12.3 Å². The van der Waals surface area contributed by atoms with Crippen molar-refractivity contribution >= 4 is 6.29 Å². The van der Waals surface area contributed by atoms with E-state index >= 15 is 0 Å². The van der Waals surface area contributed by atoms with Gasteiger partial charge in [-0.15, -0.1) is 12.3 Å². The molecule has 0 aliphatic heterocycles. The van der Waals surface area contributed by atoms with Crippen molar-refractivity contribution in [2.75, 3.05) is 0 Å². The van der Waals surface area contributed by atoms with Crippen LogP contribution in [-0.4, -0.2) is 6.29 Å². The first-order valence-corrected chi connectivity index (χ1v) is 3.64. The summed E-state index contributed by atoms with van der Waals surface area (Å²) < 4.78 is 0. The smallest absolute Gasteiger partial charge is 0.127 e. The quantitative estimate of drug-likeness (QED) is 0.429. The first-order chi connectivity index (χ1) is 4.74. The zero-order valence-electron chi connectivity index (χ0n) is 6.68. The van der Waals surface area contributed by atoms with Gasteiger partial charge in [0.05, 0.1) is 0 Å². The lowest BCUT2D eigenvalue weighted by Crippen LogP contribution is -2.19. The molecule has 0 aliphatic carbocycles. The van der Waals surface area contributed by atoms with Gasteiger partial charge in [0, 0.05) is 11.8 Å². The zero-order chi connectivity index (χ0) is 8.04. The summed E-state index contributed by atoms with van der Waals surface area (Å²) >= 11 is 0. The average Bonchev–Trinajstić information content (AvgIpc) is 2.01. The third kappa shape index (κ3) is 1.88. The fraction of sp³-hybridized carbons (Fsp3) is 0.667. The van der Waals surface area contributed by atoms with Gasteiger partial charge in [-0.05, 0) is 12.8 Å². The van der Waals surface area contributed by atoms with Gasteiger partial charge in [-0.2, -0.15) is 0 Å². The zero-order valence-corrected chi connectivity index (χ0v) is 6.68. The second kappa shape index (κ2) is 4.11. The molecule has 0 amide bonds. The number of hydrogen-bond donors (Lipinski definition) is 0. The van der Waals surface area contributed by atoms with E-state index in [1.165, 1.54) is 0 Å². The Morgan fingerprint density at radius 2 is 2.00 bits per heavy atom. The lowest BCUT2D eigenvalue weighted by molar-refractivity contribution is -0.116. The van der Waals surface area contributed by atoms with E-state index in [-0.39, 0.29) is 5.41 Å². The standard InChI is InChI=1S/C9H14O/c1-4-7-9(5-2,6-3)8-10/h1,8H,5-7H2,2-3H3. The van der Waals surface area contributed by atoms with E-state index in [0.717, 1.165) is 19.1 Å². The fourth-order valence-corrected chi connectivity index (χ4v) is 0.912. The van der Waals surface area contributed by atoms with Crippen LogP contribution >= 0.6 is 0 Å². The Morgan fingerprint density at radius 1 is 1.50 bits per heavy atom. The predicted molar refractivity (Wildman–Crippen MR) is 42.5 cm³/mol. The van der Waals surface area contributed by atoms with Gasteiger partial charge >= 0.3 is 0 Å². The Morgan fingerprint density at radius 3 is 2.10 bits per heavy atom. The molecule has 0 aliphatic rings. The van der Waals surface area contributed by atoms with Crippen molar-refractivity contribution in [1.29, 1.82) is 0 Å². The molecule has 0 radical (unpaired) electrons. The first kappa shape index (κ1) is 9.23. The topological polar surface area (TPSA) is 17.1 Å². The van der Waals surface area contributed by atoms with Gasteiger partial charge < -0.3 is 4.79 Å². The van der Waals surface area contributed by atoms with Gasteiger partial charge in [-0.25, -0.2) is 0 Å². The van der Waals surface area contributed by atoms with E-state index in [9.17, 15) is 4.79 Å². The molecule has 0 fully saturated rings. The summed E-state index contributed by atoms with van der Waals surface area (Å²) in [5.41, 5.74) is -0.241. The Balaban J connectivity index is 4.18. The number of aldehydes is 1. The maximum atomic E-state index is 10.6. The number of hydrogen-bond acceptors (Lipinski definition) is 1. The minimum Gasteiger partial charge on any atom is -0.303 e. The van der Waals surface area contributed by atoms with Gasteiger partial charge in [-0.3, -0.25) is 0 Å². The molecule has 0 saturated heterocycles. The van der Waals surface area contributed by atoms with Gasteiger partial charge in [0.2, 0.25) is 0 Å². The molecule has 1 heteroatoms. The first-order valence-electron chi connectivity index (χ1n) is 3.64. The molecular weight excluding hydrogens is 124 g/mol. The van der Waals surface area contributed by atoms with E-state index in [0.29, 0.717) is 6.42 Å². The summed E-state index contributed by atoms with van der Waals surface area (Å²) in [4.78, 5) is 10.6. The molecule has 0 aromatic rings. The summed E-state index contributed by atoms with van der Waals surface area (Å²) in [6.07, 6.45) is 8.39. The lowest BCUT2D eigenvalue weighted by atomic mass is 9.81. The monoisotopic (exact) mass is 138 g/mol. The summed E-state index contributed by atoms with van der Waals surface area (Å²) in [6.45, 7) is 3.99. The number of rotatable bonds is 4. The van der Waals surface area contributed by atoms with Gasteiger partial charge in [0.15, 0.2) is 0 Å². The van der Waals surface area contributed by atoms with E-state index < -0.39 is 0 Å². The van der Waals surface area contributed by atoms with E-state index in [1.807, 2.05) is 13.8 Å². The van der Waals surface area contributed by atoms with Crippen molar-refractivity contribution in [1.82, 2.24) is 0 Å². The fourth-order valence-electron chi connectivity index (χ4n) is 0.912. The highest BCUT2D eigenvalue weighted by molar-refractivity contribution is 5.59. The Hall–Kier alpha value is -0.770. The molecule has 0 heterocycles. The third-order valence-corrected chi connectivity index (χ3v) is 2.11. The molecule has 0 N–H and O–H groups in total. The number of carbonyl (C=O) groups excluding carboxylic acids is 1. The Kier molecular flexibility index (Phi) is 3.79. The minimum absolute atomic E-state index is 0.241. The van der Waals surface area contributed by atoms with Crippen LogP contribution in [0.5, 0.6) is 0 Å². The van der Waals surface area contributed by atoms with Crippen LogP contribution in [0.25, 0.3) is 0 Å². The molecule has 0 unspecified atom stereocenters. The molecule has 0 aromatic carbocycles. The average molecular weight is 138 g/mol. The summed E-state index contributed by atoms with van der Waals surface area (Å²) in [6, 6.07) is 0. The molecular formula is C9H14O. The minimum atomic E-state index is -0.241. The van der Waals surface area contributed by atoms with Gasteiger partial charge in [0.1, 0.15) is 6.29 Å². The van der Waals surface area contributed by atoms with Crippen LogP contribution in [0.1, 0.15) is 33.1 Å². The van der Waals surface area contributed by atoms with Crippen LogP contribution in [0.4, 0.5) is 0 Å². The number of terminal acetylenes is 1. The summed E-state index contributed by atoms with van der Waals surface area (Å²) in [7, 11) is 0. The molecule has 0 aromatic heterocycles. The second-order valence-electron chi connectivity index (χ2n) is 2.57. The highest BCUT2D eigenvalue weighted by atomic mass is 16.1. The maximum absolute atomic E-state index is 10.6. The molecule has 0 rings (SSSR count). The SMILES string of the molecule is C#CCC(C=O)(CC)CC. The van der Waals surface area contributed by atoms with Crippen molar-refractivity contribution < 1.29 is 4.79 Å². The van der Waals surface area contributed by atoms with Crippen molar-refractivity contribution in [2.45, 2.75) is 33.1 Å². The van der Waals surface area contributed by atoms with E-state index in [2.05, 4.69) is 5.92 Å². The van der Waals surface area contributed by atoms with Crippen LogP contribution in [0, 0.1) is 17.8 Å². The van der Waals surface area contributed by atoms with Crippen LogP contribution in [-0.2, 0) is 4.79 Å².